The van der Waals surface area contributed by atoms with Gasteiger partial charge in [0.1, 0.15) is 24.4 Å². The van der Waals surface area contributed by atoms with E-state index in [1.165, 1.54) is 6.07 Å². The van der Waals surface area contributed by atoms with Crippen LogP contribution in [0.5, 0.6) is 11.5 Å². The summed E-state index contributed by atoms with van der Waals surface area (Å²) in [7, 11) is 0. The first-order valence-electron chi connectivity index (χ1n) is 9.91. The van der Waals surface area contributed by atoms with E-state index >= 15 is 0 Å². The highest BCUT2D eigenvalue weighted by atomic mass is 35.5. The zero-order valence-electron chi connectivity index (χ0n) is 17.3. The van der Waals surface area contributed by atoms with Crippen LogP contribution in [0.15, 0.2) is 57.9 Å². The maximum absolute atomic E-state index is 11.4. The molecule has 0 radical (unpaired) electrons. The van der Waals surface area contributed by atoms with Gasteiger partial charge in [-0.25, -0.2) is 0 Å². The number of benzene rings is 2. The Morgan fingerprint density at radius 1 is 1.16 bits per heavy atom. The fourth-order valence-corrected chi connectivity index (χ4v) is 3.55. The Labute approximate surface area is 195 Å². The molecule has 0 aliphatic heterocycles. The number of aliphatic hydroxyl groups excluding tert-OH is 1. The van der Waals surface area contributed by atoms with Gasteiger partial charge < -0.3 is 30.4 Å². The highest BCUT2D eigenvalue weighted by Gasteiger charge is 2.14. The average molecular weight is 479 g/mol. The number of aliphatic hydroxyl groups is 1. The summed E-state index contributed by atoms with van der Waals surface area (Å²) in [6.45, 7) is 2.42. The molecule has 3 rings (SSSR count). The van der Waals surface area contributed by atoms with E-state index in [0.29, 0.717) is 39.4 Å². The molecular formula is C23H24Cl2N2O5. The quantitative estimate of drug-likeness (QED) is 0.342. The van der Waals surface area contributed by atoms with Crippen molar-refractivity contribution >= 4 is 28.9 Å². The molecule has 9 heteroatoms. The van der Waals surface area contributed by atoms with Crippen molar-refractivity contribution < 1.29 is 19.4 Å². The van der Waals surface area contributed by atoms with E-state index in [2.05, 4.69) is 5.32 Å². The molecule has 1 aromatic heterocycles. The number of nitrogens with one attached hydrogen (secondary N) is 1. The molecule has 0 aliphatic carbocycles. The molecule has 0 amide bonds. The zero-order valence-corrected chi connectivity index (χ0v) is 18.9. The lowest BCUT2D eigenvalue weighted by atomic mass is 10.1. The Morgan fingerprint density at radius 2 is 1.81 bits per heavy atom. The molecule has 2 unspecified atom stereocenters. The first kappa shape index (κ1) is 23.9. The topological polar surface area (TPSA) is 118 Å². The second kappa shape index (κ2) is 10.7. The van der Waals surface area contributed by atoms with Crippen LogP contribution in [0.3, 0.4) is 0 Å². The number of anilines is 1. The summed E-state index contributed by atoms with van der Waals surface area (Å²) < 4.78 is 10.7. The molecular weight excluding hydrogens is 455 g/mol. The fraction of sp³-hybridized carbons (Fsp3) is 0.261. The molecule has 0 aliphatic rings. The lowest BCUT2D eigenvalue weighted by Gasteiger charge is -2.18. The van der Waals surface area contributed by atoms with Gasteiger partial charge >= 0.3 is 0 Å². The van der Waals surface area contributed by atoms with Crippen molar-refractivity contribution in [2.75, 3.05) is 12.3 Å². The summed E-state index contributed by atoms with van der Waals surface area (Å²) in [5.41, 5.74) is 7.20. The number of halogens is 2. The van der Waals surface area contributed by atoms with E-state index in [1.54, 1.807) is 12.1 Å². The molecule has 0 saturated carbocycles. The van der Waals surface area contributed by atoms with Gasteiger partial charge in [-0.15, -0.1) is 0 Å². The minimum absolute atomic E-state index is 0.0733. The van der Waals surface area contributed by atoms with E-state index in [1.807, 2.05) is 31.2 Å². The maximum atomic E-state index is 11.4. The summed E-state index contributed by atoms with van der Waals surface area (Å²) in [4.78, 5) is 11.4. The number of rotatable bonds is 9. The summed E-state index contributed by atoms with van der Waals surface area (Å²) >= 11 is 12.1. The molecule has 2 aromatic carbocycles. The van der Waals surface area contributed by atoms with Gasteiger partial charge in [0.05, 0.1) is 21.8 Å². The largest absolute Gasteiger partial charge is 0.502 e. The van der Waals surface area contributed by atoms with Crippen molar-refractivity contribution in [3.05, 3.63) is 85.9 Å². The van der Waals surface area contributed by atoms with Gasteiger partial charge in [-0.3, -0.25) is 4.79 Å². The molecule has 0 spiro atoms. The predicted molar refractivity (Wildman–Crippen MR) is 124 cm³/mol. The standard InChI is InChI=1S/C23H24Cl2N2O5/c1-13(27-10-21(29)15-7-18(24)23(26)19(25)8-15)6-14-2-4-16(5-3-14)31-11-17-9-20(28)22(30)12-32-17/h2-5,7-9,12-13,21,27,29-30H,6,10-11,26H2,1H3. The van der Waals surface area contributed by atoms with Crippen LogP contribution in [0, 0.1) is 0 Å². The third kappa shape index (κ3) is 6.40. The van der Waals surface area contributed by atoms with Crippen molar-refractivity contribution in [1.29, 1.82) is 0 Å². The summed E-state index contributed by atoms with van der Waals surface area (Å²) in [5, 5.41) is 23.5. The number of nitrogen functional groups attached to an aromatic ring is 1. The van der Waals surface area contributed by atoms with Crippen LogP contribution >= 0.6 is 23.2 Å². The number of ether oxygens (including phenoxy) is 1. The van der Waals surface area contributed by atoms with Crippen molar-refractivity contribution in [2.24, 2.45) is 0 Å². The number of hydrogen-bond acceptors (Lipinski definition) is 7. The smallest absolute Gasteiger partial charge is 0.226 e. The molecule has 5 N–H and O–H groups in total. The minimum Gasteiger partial charge on any atom is -0.502 e. The lowest BCUT2D eigenvalue weighted by Crippen LogP contribution is -2.32. The Kier molecular flexibility index (Phi) is 8.04. The normalized spacial score (nSPS) is 13.0. The fourth-order valence-electron chi connectivity index (χ4n) is 3.05. The zero-order chi connectivity index (χ0) is 23.3. The van der Waals surface area contributed by atoms with E-state index in [-0.39, 0.29) is 12.6 Å². The molecule has 3 aromatic rings. The highest BCUT2D eigenvalue weighted by Crippen LogP contribution is 2.31. The second-order valence-corrected chi connectivity index (χ2v) is 8.27. The Bertz CT molecular complexity index is 1100. The van der Waals surface area contributed by atoms with Crippen LogP contribution in [0.4, 0.5) is 5.69 Å². The van der Waals surface area contributed by atoms with Crippen molar-refractivity contribution in [3.63, 3.8) is 0 Å². The Balaban J connectivity index is 1.48. The number of nitrogens with two attached hydrogens (primary N) is 1. The van der Waals surface area contributed by atoms with Gasteiger partial charge in [-0.1, -0.05) is 35.3 Å². The van der Waals surface area contributed by atoms with Crippen LogP contribution in [-0.4, -0.2) is 22.8 Å². The van der Waals surface area contributed by atoms with Gasteiger partial charge in [0.2, 0.25) is 5.43 Å². The van der Waals surface area contributed by atoms with Crippen molar-refractivity contribution in [1.82, 2.24) is 5.32 Å². The SMILES string of the molecule is CC(Cc1ccc(OCc2cc(=O)c(O)co2)cc1)NCC(O)c1cc(Cl)c(N)c(Cl)c1. The molecule has 1 heterocycles. The van der Waals surface area contributed by atoms with Gasteiger partial charge in [-0.2, -0.15) is 0 Å². The highest BCUT2D eigenvalue weighted by molar-refractivity contribution is 6.38. The first-order chi connectivity index (χ1) is 15.2. The molecule has 32 heavy (non-hydrogen) atoms. The van der Waals surface area contributed by atoms with E-state index < -0.39 is 17.3 Å². The van der Waals surface area contributed by atoms with Crippen LogP contribution in [0.1, 0.15) is 29.9 Å². The lowest BCUT2D eigenvalue weighted by molar-refractivity contribution is 0.170. The minimum atomic E-state index is -0.774. The van der Waals surface area contributed by atoms with Crippen LogP contribution in [-0.2, 0) is 13.0 Å². The van der Waals surface area contributed by atoms with Gasteiger partial charge in [0, 0.05) is 18.7 Å². The monoisotopic (exact) mass is 478 g/mol. The Morgan fingerprint density at radius 3 is 2.44 bits per heavy atom. The van der Waals surface area contributed by atoms with Gasteiger partial charge in [0.25, 0.3) is 0 Å². The second-order valence-electron chi connectivity index (χ2n) is 7.46. The van der Waals surface area contributed by atoms with Crippen molar-refractivity contribution in [2.45, 2.75) is 32.1 Å². The maximum Gasteiger partial charge on any atom is 0.226 e. The average Bonchev–Trinajstić information content (AvgIpc) is 2.77. The predicted octanol–water partition coefficient (Wildman–Crippen LogP) is 4.07. The van der Waals surface area contributed by atoms with Crippen LogP contribution in [0.25, 0.3) is 0 Å². The molecule has 0 fully saturated rings. The first-order valence-corrected chi connectivity index (χ1v) is 10.7. The Hall–Kier alpha value is -2.71. The summed E-state index contributed by atoms with van der Waals surface area (Å²) in [6, 6.07) is 12.1. The summed E-state index contributed by atoms with van der Waals surface area (Å²) in [5.74, 6) is 0.504. The van der Waals surface area contributed by atoms with E-state index in [0.717, 1.165) is 18.2 Å². The number of hydrogen-bond donors (Lipinski definition) is 4. The van der Waals surface area contributed by atoms with Crippen LogP contribution in [0.2, 0.25) is 10.0 Å². The molecule has 2 atom stereocenters. The molecule has 170 valence electrons. The third-order valence-corrected chi connectivity index (χ3v) is 5.48. The van der Waals surface area contributed by atoms with Gasteiger partial charge in [0.15, 0.2) is 5.75 Å². The molecule has 7 nitrogen and oxygen atoms in total. The summed E-state index contributed by atoms with van der Waals surface area (Å²) in [6.07, 6.45) is 0.957. The molecule has 0 bridgehead atoms. The number of aromatic hydroxyl groups is 1. The van der Waals surface area contributed by atoms with Gasteiger partial charge in [-0.05, 0) is 48.7 Å². The van der Waals surface area contributed by atoms with Crippen LogP contribution < -0.4 is 21.2 Å². The van der Waals surface area contributed by atoms with E-state index in [9.17, 15) is 15.0 Å². The van der Waals surface area contributed by atoms with E-state index in [4.69, 9.17) is 38.1 Å². The van der Waals surface area contributed by atoms with Crippen molar-refractivity contribution in [3.8, 4) is 11.5 Å². The third-order valence-electron chi connectivity index (χ3n) is 4.86. The molecule has 0 saturated heterocycles.